The lowest BCUT2D eigenvalue weighted by molar-refractivity contribution is -0.384. The molecule has 0 saturated carbocycles. The van der Waals surface area contributed by atoms with Crippen LogP contribution in [-0.4, -0.2) is 16.5 Å². The number of esters is 1. The molecular weight excluding hydrogens is 330 g/mol. The van der Waals surface area contributed by atoms with Crippen LogP contribution in [0.25, 0.3) is 0 Å². The highest BCUT2D eigenvalue weighted by Crippen LogP contribution is 2.27. The molecule has 1 atom stereocenters. The van der Waals surface area contributed by atoms with Crippen molar-refractivity contribution in [1.82, 2.24) is 0 Å². The van der Waals surface area contributed by atoms with Crippen molar-refractivity contribution in [2.75, 3.05) is 0 Å². The van der Waals surface area contributed by atoms with Crippen LogP contribution in [0, 0.1) is 17.0 Å². The van der Waals surface area contributed by atoms with E-state index in [1.807, 2.05) is 61.5 Å². The van der Waals surface area contributed by atoms with Gasteiger partial charge in [-0.3, -0.25) is 10.1 Å². The molecular formula is C21H33NO4. The molecule has 0 amide bonds. The van der Waals surface area contributed by atoms with Gasteiger partial charge in [0.25, 0.3) is 5.69 Å². The summed E-state index contributed by atoms with van der Waals surface area (Å²) in [7, 11) is 0. The first-order chi connectivity index (χ1) is 12.0. The first kappa shape index (κ1) is 23.8. The number of benzene rings is 1. The number of aryl methyl sites for hydroxylation is 1. The summed E-state index contributed by atoms with van der Waals surface area (Å²) < 4.78 is 5.47. The highest BCUT2D eigenvalue weighted by molar-refractivity contribution is 5.88. The monoisotopic (exact) mass is 363 g/mol. The van der Waals surface area contributed by atoms with Crippen LogP contribution in [0.3, 0.4) is 0 Å². The minimum absolute atomic E-state index is 0.0603. The molecule has 0 bridgehead atoms. The third-order valence-electron chi connectivity index (χ3n) is 3.60. The Bertz CT molecular complexity index is 642. The summed E-state index contributed by atoms with van der Waals surface area (Å²) in [6.45, 7) is 15.4. The molecule has 0 heterocycles. The van der Waals surface area contributed by atoms with E-state index in [2.05, 4.69) is 0 Å². The smallest absolute Gasteiger partial charge is 0.334 e. The topological polar surface area (TPSA) is 69.4 Å². The summed E-state index contributed by atoms with van der Waals surface area (Å²) in [5.74, 6) is -0.432. The minimum Gasteiger partial charge on any atom is -0.457 e. The van der Waals surface area contributed by atoms with Crippen molar-refractivity contribution in [3.8, 4) is 0 Å². The number of rotatable bonds is 6. The number of carbonyl (C=O) groups excluding carboxylic acids is 1. The van der Waals surface area contributed by atoms with Gasteiger partial charge in [0.1, 0.15) is 5.60 Å². The number of carbonyl (C=O) groups is 1. The molecule has 0 aliphatic carbocycles. The second-order valence-electron chi connectivity index (χ2n) is 7.03. The fourth-order valence-electron chi connectivity index (χ4n) is 2.49. The Morgan fingerprint density at radius 1 is 1.31 bits per heavy atom. The van der Waals surface area contributed by atoms with Crippen LogP contribution >= 0.6 is 0 Å². The number of nitro benzene ring substituents is 1. The van der Waals surface area contributed by atoms with Crippen molar-refractivity contribution in [1.29, 1.82) is 0 Å². The number of hydrogen-bond donors (Lipinski definition) is 0. The largest absolute Gasteiger partial charge is 0.457 e. The maximum Gasteiger partial charge on any atom is 0.334 e. The lowest BCUT2D eigenvalue weighted by atomic mass is 9.93. The zero-order valence-electron chi connectivity index (χ0n) is 17.4. The number of nitrogens with zero attached hydrogens (tertiary/aromatic N) is 1. The average Bonchev–Trinajstić information content (AvgIpc) is 2.54. The molecule has 0 saturated heterocycles. The van der Waals surface area contributed by atoms with E-state index in [1.54, 1.807) is 12.1 Å². The molecule has 1 aromatic carbocycles. The van der Waals surface area contributed by atoms with E-state index in [0.717, 1.165) is 17.5 Å². The fraction of sp³-hybridized carbons (Fsp3) is 0.571. The predicted molar refractivity (Wildman–Crippen MR) is 106 cm³/mol. The first-order valence-corrected chi connectivity index (χ1v) is 9.24. The molecule has 0 radical (unpaired) electrons. The highest BCUT2D eigenvalue weighted by Gasteiger charge is 2.21. The highest BCUT2D eigenvalue weighted by atomic mass is 16.6. The molecule has 0 N–H and O–H groups in total. The van der Waals surface area contributed by atoms with Gasteiger partial charge < -0.3 is 4.74 Å². The van der Waals surface area contributed by atoms with Gasteiger partial charge in [-0.15, -0.1) is 0 Å². The van der Waals surface area contributed by atoms with Gasteiger partial charge in [-0.2, -0.15) is 0 Å². The Hall–Kier alpha value is -2.17. The summed E-state index contributed by atoms with van der Waals surface area (Å²) in [6, 6.07) is 4.82. The Morgan fingerprint density at radius 2 is 1.88 bits per heavy atom. The molecule has 1 aromatic rings. The molecule has 0 fully saturated rings. The van der Waals surface area contributed by atoms with Crippen LogP contribution in [0.5, 0.6) is 0 Å². The van der Waals surface area contributed by atoms with Crippen LogP contribution in [0.15, 0.2) is 29.8 Å². The normalized spacial score (nSPS) is 12.7. The number of hydrogen-bond acceptors (Lipinski definition) is 4. The Labute approximate surface area is 157 Å². The maximum absolute atomic E-state index is 12.4. The van der Waals surface area contributed by atoms with Crippen molar-refractivity contribution in [2.24, 2.45) is 0 Å². The third kappa shape index (κ3) is 7.81. The van der Waals surface area contributed by atoms with Gasteiger partial charge in [-0.25, -0.2) is 4.79 Å². The van der Waals surface area contributed by atoms with Gasteiger partial charge in [-0.05, 0) is 45.2 Å². The van der Waals surface area contributed by atoms with Crippen molar-refractivity contribution >= 4 is 11.7 Å². The third-order valence-corrected chi connectivity index (χ3v) is 3.60. The van der Waals surface area contributed by atoms with E-state index in [1.165, 1.54) is 6.07 Å². The molecule has 5 heteroatoms. The van der Waals surface area contributed by atoms with Crippen molar-refractivity contribution < 1.29 is 14.5 Å². The lowest BCUT2D eigenvalue weighted by Crippen LogP contribution is -2.25. The molecule has 0 aliphatic rings. The standard InChI is InChI=1S/C19H27NO4.C2H6/c1-7-8-15(18(21)24-19(4,5)6)11-14(3)17-12-16(20(22)23)10-9-13(17)2;1-2/h9-12,14H,7-8H2,1-6H3;1-2H3/b15-11+;. The van der Waals surface area contributed by atoms with E-state index in [9.17, 15) is 14.9 Å². The summed E-state index contributed by atoms with van der Waals surface area (Å²) in [4.78, 5) is 23.0. The van der Waals surface area contributed by atoms with Gasteiger partial charge in [0, 0.05) is 23.6 Å². The minimum atomic E-state index is -0.547. The van der Waals surface area contributed by atoms with Crippen molar-refractivity contribution in [2.45, 2.75) is 79.8 Å². The van der Waals surface area contributed by atoms with Crippen LogP contribution in [0.4, 0.5) is 5.69 Å². The summed E-state index contributed by atoms with van der Waals surface area (Å²) in [5, 5.41) is 11.0. The molecule has 5 nitrogen and oxygen atoms in total. The van der Waals surface area contributed by atoms with E-state index < -0.39 is 10.5 Å². The van der Waals surface area contributed by atoms with Crippen LogP contribution in [0.1, 0.15) is 78.4 Å². The van der Waals surface area contributed by atoms with Gasteiger partial charge >= 0.3 is 5.97 Å². The zero-order chi connectivity index (χ0) is 20.5. The molecule has 1 unspecified atom stereocenters. The number of ether oxygens (including phenoxy) is 1. The fourth-order valence-corrected chi connectivity index (χ4v) is 2.49. The zero-order valence-corrected chi connectivity index (χ0v) is 17.4. The summed E-state index contributed by atoms with van der Waals surface area (Å²) in [6.07, 6.45) is 3.31. The second kappa shape index (κ2) is 10.7. The van der Waals surface area contributed by atoms with Crippen LogP contribution < -0.4 is 0 Å². The number of allylic oxidation sites excluding steroid dienone is 1. The SMILES string of the molecule is CC.CCC/C(=C\C(C)c1cc([N+](=O)[O-])ccc1C)C(=O)OC(C)(C)C. The molecule has 26 heavy (non-hydrogen) atoms. The molecule has 0 aromatic heterocycles. The van der Waals surface area contributed by atoms with E-state index in [-0.39, 0.29) is 17.6 Å². The van der Waals surface area contributed by atoms with Gasteiger partial charge in [-0.1, -0.05) is 46.3 Å². The molecule has 146 valence electrons. The van der Waals surface area contributed by atoms with Gasteiger partial charge in [0.05, 0.1) is 4.92 Å². The Morgan fingerprint density at radius 3 is 2.35 bits per heavy atom. The lowest BCUT2D eigenvalue weighted by Gasteiger charge is -2.21. The van der Waals surface area contributed by atoms with E-state index >= 15 is 0 Å². The number of nitro groups is 1. The molecule has 0 aliphatic heterocycles. The quantitative estimate of drug-likeness (QED) is 0.265. The maximum atomic E-state index is 12.4. The number of non-ortho nitro benzene ring substituents is 1. The second-order valence-corrected chi connectivity index (χ2v) is 7.03. The Kier molecular flexibility index (Phi) is 9.84. The van der Waals surface area contributed by atoms with Gasteiger partial charge in [0.15, 0.2) is 0 Å². The first-order valence-electron chi connectivity index (χ1n) is 9.24. The molecule has 1 rings (SSSR count). The van der Waals surface area contributed by atoms with Crippen LogP contribution in [-0.2, 0) is 9.53 Å². The van der Waals surface area contributed by atoms with Crippen molar-refractivity contribution in [3.63, 3.8) is 0 Å². The average molecular weight is 363 g/mol. The van der Waals surface area contributed by atoms with Gasteiger partial charge in [0.2, 0.25) is 0 Å². The predicted octanol–water partition coefficient (Wildman–Crippen LogP) is 6.10. The summed E-state index contributed by atoms with van der Waals surface area (Å²) >= 11 is 0. The Balaban J connectivity index is 0.00000301. The summed E-state index contributed by atoms with van der Waals surface area (Å²) in [5.41, 5.74) is 1.94. The van der Waals surface area contributed by atoms with E-state index in [4.69, 9.17) is 4.74 Å². The van der Waals surface area contributed by atoms with Crippen molar-refractivity contribution in [3.05, 3.63) is 51.1 Å². The van der Waals surface area contributed by atoms with E-state index in [0.29, 0.717) is 12.0 Å². The van der Waals surface area contributed by atoms with Crippen LogP contribution in [0.2, 0.25) is 0 Å². The molecule has 0 spiro atoms.